The summed E-state index contributed by atoms with van der Waals surface area (Å²) in [5, 5.41) is 8.18. The molecule has 0 unspecified atom stereocenters. The number of hydrogen-bond acceptors (Lipinski definition) is 5. The summed E-state index contributed by atoms with van der Waals surface area (Å²) in [6, 6.07) is 1.46. The van der Waals surface area contributed by atoms with Crippen LogP contribution < -0.4 is 5.48 Å². The predicted molar refractivity (Wildman–Crippen MR) is 41.0 cm³/mol. The van der Waals surface area contributed by atoms with E-state index in [1.54, 1.807) is 12.4 Å². The van der Waals surface area contributed by atoms with Crippen LogP contribution in [0.5, 0.6) is 0 Å². The number of carbonyl (C=O) groups excluding carboxylic acids is 2. The molecule has 0 rings (SSSR count). The van der Waals surface area contributed by atoms with Crippen molar-refractivity contribution in [2.75, 3.05) is 6.61 Å². The lowest BCUT2D eigenvalue weighted by atomic mass is 10.4. The maximum absolute atomic E-state index is 10.7. The van der Waals surface area contributed by atoms with Crippen molar-refractivity contribution in [1.82, 2.24) is 5.48 Å². The van der Waals surface area contributed by atoms with Crippen LogP contribution in [-0.4, -0.2) is 18.7 Å². The van der Waals surface area contributed by atoms with E-state index in [2.05, 4.69) is 16.2 Å². The fourth-order valence-corrected chi connectivity index (χ4v) is 0.356. The number of hydrogen-bond donors (Lipinski definition) is 1. The van der Waals surface area contributed by atoms with Gasteiger partial charge in [-0.1, -0.05) is 6.58 Å². The smallest absolute Gasteiger partial charge is 0.440 e. The van der Waals surface area contributed by atoms with Crippen molar-refractivity contribution in [3.63, 3.8) is 0 Å². The fourth-order valence-electron chi connectivity index (χ4n) is 0.356. The summed E-state index contributed by atoms with van der Waals surface area (Å²) in [6.45, 7) is 4.82. The molecular formula is C7H8N2O4. The third-order valence-electron chi connectivity index (χ3n) is 0.884. The van der Waals surface area contributed by atoms with Gasteiger partial charge in [0.05, 0.1) is 6.61 Å². The summed E-state index contributed by atoms with van der Waals surface area (Å²) in [7, 11) is 0. The Bertz CT molecular complexity index is 266. The molecule has 0 radical (unpaired) electrons. The molecule has 0 saturated heterocycles. The topological polar surface area (TPSA) is 88.4 Å². The molecule has 70 valence electrons. The zero-order chi connectivity index (χ0) is 10.3. The standard InChI is InChI=1S/C7H8N2O4/c1-3-12-7(11)9-13-6(10)5(2)4-8/h2-3H2,1H3,(H,9,11). The number of ether oxygens (including phenoxy) is 1. The van der Waals surface area contributed by atoms with Crippen LogP contribution in [-0.2, 0) is 14.4 Å². The zero-order valence-electron chi connectivity index (χ0n) is 6.99. The highest BCUT2D eigenvalue weighted by Gasteiger charge is 2.09. The van der Waals surface area contributed by atoms with E-state index in [0.29, 0.717) is 0 Å². The van der Waals surface area contributed by atoms with Crippen molar-refractivity contribution in [2.24, 2.45) is 0 Å². The molecule has 0 bridgehead atoms. The van der Waals surface area contributed by atoms with Crippen LogP contribution in [0.1, 0.15) is 6.92 Å². The van der Waals surface area contributed by atoms with Gasteiger partial charge in [-0.15, -0.1) is 5.48 Å². The summed E-state index contributed by atoms with van der Waals surface area (Å²) in [6.07, 6.45) is -0.901. The average molecular weight is 184 g/mol. The molecule has 0 fully saturated rings. The molecule has 0 aromatic carbocycles. The van der Waals surface area contributed by atoms with Gasteiger partial charge in [0.15, 0.2) is 0 Å². The average Bonchev–Trinajstić information content (AvgIpc) is 2.13. The van der Waals surface area contributed by atoms with Gasteiger partial charge in [0.1, 0.15) is 11.6 Å². The Labute approximate surface area is 74.7 Å². The second-order valence-electron chi connectivity index (χ2n) is 1.80. The van der Waals surface area contributed by atoms with E-state index in [4.69, 9.17) is 5.26 Å². The van der Waals surface area contributed by atoms with Crippen LogP contribution in [0, 0.1) is 11.3 Å². The highest BCUT2D eigenvalue weighted by atomic mass is 16.7. The summed E-state index contributed by atoms with van der Waals surface area (Å²) in [4.78, 5) is 25.3. The second kappa shape index (κ2) is 5.60. The van der Waals surface area contributed by atoms with Crippen LogP contribution in [0.3, 0.4) is 0 Å². The SMILES string of the molecule is C=C(C#N)C(=O)ONC(=O)OCC. The number of nitrogens with zero attached hydrogens (tertiary/aromatic N) is 1. The summed E-state index contributed by atoms with van der Waals surface area (Å²) in [5.74, 6) is -1.02. The number of nitriles is 1. The molecule has 6 nitrogen and oxygen atoms in total. The third-order valence-corrected chi connectivity index (χ3v) is 0.884. The van der Waals surface area contributed by atoms with Gasteiger partial charge in [-0.05, 0) is 6.92 Å². The minimum Gasteiger partial charge on any atom is -0.448 e. The predicted octanol–water partition coefficient (Wildman–Crippen LogP) is 0.270. The van der Waals surface area contributed by atoms with Gasteiger partial charge in [-0.3, -0.25) is 0 Å². The Morgan fingerprint density at radius 2 is 2.23 bits per heavy atom. The lowest BCUT2D eigenvalue weighted by Crippen LogP contribution is -2.28. The Morgan fingerprint density at radius 3 is 2.69 bits per heavy atom. The molecule has 0 aliphatic rings. The van der Waals surface area contributed by atoms with E-state index in [-0.39, 0.29) is 6.61 Å². The molecular weight excluding hydrogens is 176 g/mol. The first-order chi connectivity index (χ1) is 6.11. The lowest BCUT2D eigenvalue weighted by Gasteiger charge is -2.03. The van der Waals surface area contributed by atoms with E-state index in [1.165, 1.54) is 6.07 Å². The van der Waals surface area contributed by atoms with Crippen molar-refractivity contribution in [3.8, 4) is 6.07 Å². The maximum Gasteiger partial charge on any atom is 0.440 e. The van der Waals surface area contributed by atoms with Gasteiger partial charge in [0, 0.05) is 0 Å². The Balaban J connectivity index is 3.78. The van der Waals surface area contributed by atoms with Crippen molar-refractivity contribution in [2.45, 2.75) is 6.92 Å². The van der Waals surface area contributed by atoms with Crippen LogP contribution in [0.15, 0.2) is 12.2 Å². The maximum atomic E-state index is 10.7. The minimum atomic E-state index is -1.02. The fraction of sp³-hybridized carbons (Fsp3) is 0.286. The first-order valence-electron chi connectivity index (χ1n) is 3.34. The largest absolute Gasteiger partial charge is 0.448 e. The first-order valence-corrected chi connectivity index (χ1v) is 3.34. The molecule has 0 atom stereocenters. The van der Waals surface area contributed by atoms with Gasteiger partial charge in [0.2, 0.25) is 0 Å². The van der Waals surface area contributed by atoms with Gasteiger partial charge >= 0.3 is 12.1 Å². The molecule has 0 heterocycles. The summed E-state index contributed by atoms with van der Waals surface area (Å²) in [5.41, 5.74) is 1.27. The van der Waals surface area contributed by atoms with Gasteiger partial charge < -0.3 is 9.57 Å². The molecule has 0 aromatic rings. The van der Waals surface area contributed by atoms with E-state index in [1.807, 2.05) is 0 Å². The van der Waals surface area contributed by atoms with E-state index < -0.39 is 17.6 Å². The monoisotopic (exact) mass is 184 g/mol. The lowest BCUT2D eigenvalue weighted by molar-refractivity contribution is -0.144. The highest BCUT2D eigenvalue weighted by Crippen LogP contribution is 1.89. The van der Waals surface area contributed by atoms with Gasteiger partial charge in [-0.2, -0.15) is 5.26 Å². The molecule has 13 heavy (non-hydrogen) atoms. The Morgan fingerprint density at radius 1 is 1.62 bits per heavy atom. The molecule has 6 heteroatoms. The summed E-state index contributed by atoms with van der Waals surface area (Å²) < 4.78 is 4.37. The van der Waals surface area contributed by atoms with Crippen molar-refractivity contribution < 1.29 is 19.2 Å². The van der Waals surface area contributed by atoms with Gasteiger partial charge in [0.25, 0.3) is 0 Å². The molecule has 1 amide bonds. The van der Waals surface area contributed by atoms with Crippen LogP contribution in [0.25, 0.3) is 0 Å². The number of amides is 1. The molecule has 0 aliphatic heterocycles. The molecule has 1 N–H and O–H groups in total. The van der Waals surface area contributed by atoms with Crippen LogP contribution >= 0.6 is 0 Å². The first kappa shape index (κ1) is 11.0. The van der Waals surface area contributed by atoms with E-state index in [9.17, 15) is 9.59 Å². The quantitative estimate of drug-likeness (QED) is 0.378. The normalized spacial score (nSPS) is 8.00. The van der Waals surface area contributed by atoms with Gasteiger partial charge in [-0.25, -0.2) is 9.59 Å². The summed E-state index contributed by atoms with van der Waals surface area (Å²) >= 11 is 0. The van der Waals surface area contributed by atoms with E-state index in [0.717, 1.165) is 0 Å². The molecule has 0 aromatic heterocycles. The molecule has 0 aliphatic carbocycles. The molecule has 0 spiro atoms. The Hall–Kier alpha value is -2.03. The van der Waals surface area contributed by atoms with Crippen LogP contribution in [0.4, 0.5) is 4.79 Å². The second-order valence-corrected chi connectivity index (χ2v) is 1.80. The Kier molecular flexibility index (Phi) is 4.72. The van der Waals surface area contributed by atoms with E-state index >= 15 is 0 Å². The van der Waals surface area contributed by atoms with Crippen molar-refractivity contribution >= 4 is 12.1 Å². The number of rotatable bonds is 2. The van der Waals surface area contributed by atoms with Crippen LogP contribution in [0.2, 0.25) is 0 Å². The number of nitrogens with one attached hydrogen (secondary N) is 1. The number of carbonyl (C=O) groups is 2. The van der Waals surface area contributed by atoms with Crippen molar-refractivity contribution in [3.05, 3.63) is 12.2 Å². The molecule has 0 saturated carbocycles. The highest BCUT2D eigenvalue weighted by molar-refractivity contribution is 5.92. The van der Waals surface area contributed by atoms with Crippen molar-refractivity contribution in [1.29, 1.82) is 5.26 Å². The number of hydroxylamine groups is 1. The minimum absolute atomic E-state index is 0.155. The zero-order valence-corrected chi connectivity index (χ0v) is 6.99. The third kappa shape index (κ3) is 4.42.